The molecule has 0 spiro atoms. The van der Waals surface area contributed by atoms with E-state index < -0.39 is 28.7 Å². The average molecular weight is 609 g/mol. The molecule has 1 saturated heterocycles. The summed E-state index contributed by atoms with van der Waals surface area (Å²) in [4.78, 5) is 47.4. The zero-order chi connectivity index (χ0) is 29.3. The lowest BCUT2D eigenvalue weighted by atomic mass is 9.87. The third-order valence-corrected chi connectivity index (χ3v) is 8.19. The summed E-state index contributed by atoms with van der Waals surface area (Å²) >= 11 is 7.98. The molecule has 0 aliphatic carbocycles. The van der Waals surface area contributed by atoms with E-state index in [-0.39, 0.29) is 44.4 Å². The lowest BCUT2D eigenvalue weighted by Gasteiger charge is -2.29. The van der Waals surface area contributed by atoms with Crippen LogP contribution >= 0.6 is 35.3 Å². The Morgan fingerprint density at radius 1 is 1.20 bits per heavy atom. The van der Waals surface area contributed by atoms with Crippen LogP contribution < -0.4 is 10.7 Å². The van der Waals surface area contributed by atoms with E-state index in [4.69, 9.17) is 12.2 Å². The van der Waals surface area contributed by atoms with Crippen molar-refractivity contribution < 1.29 is 24.7 Å². The van der Waals surface area contributed by atoms with Gasteiger partial charge in [-0.15, -0.1) is 11.3 Å². The van der Waals surface area contributed by atoms with Crippen LogP contribution in [0.2, 0.25) is 0 Å². The number of nitrogens with zero attached hydrogens (tertiary/aromatic N) is 4. The van der Waals surface area contributed by atoms with E-state index in [0.29, 0.717) is 4.91 Å². The van der Waals surface area contributed by atoms with Gasteiger partial charge in [0.05, 0.1) is 15.9 Å². The number of aliphatic imine (C=N–C) groups is 2. The number of rotatable bonds is 6. The number of phenolic OH excluding ortho intramolecular Hbond substituents is 2. The van der Waals surface area contributed by atoms with Crippen molar-refractivity contribution in [3.05, 3.63) is 85.4 Å². The van der Waals surface area contributed by atoms with Gasteiger partial charge in [0.25, 0.3) is 11.6 Å². The molecule has 4 N–H and O–H groups in total. The molecular weight excluding hydrogens is 589 g/mol. The number of thioether (sulfide) groups is 1. The van der Waals surface area contributed by atoms with Crippen molar-refractivity contribution in [2.75, 3.05) is 5.32 Å². The number of hydrazine groups is 1. The number of thiophene rings is 1. The Morgan fingerprint density at radius 3 is 2.71 bits per heavy atom. The van der Waals surface area contributed by atoms with Gasteiger partial charge in [-0.1, -0.05) is 23.9 Å². The van der Waals surface area contributed by atoms with Gasteiger partial charge in [0.1, 0.15) is 17.4 Å². The molecule has 208 valence electrons. The molecule has 2 aliphatic rings. The molecule has 41 heavy (non-hydrogen) atoms. The molecule has 12 nitrogen and oxygen atoms in total. The lowest BCUT2D eigenvalue weighted by molar-refractivity contribution is -0.384. The van der Waals surface area contributed by atoms with Gasteiger partial charge >= 0.3 is 0 Å². The fourth-order valence-corrected chi connectivity index (χ4v) is 6.10. The van der Waals surface area contributed by atoms with E-state index >= 15 is 0 Å². The first-order valence-electron chi connectivity index (χ1n) is 11.9. The second kappa shape index (κ2) is 11.5. The zero-order valence-electron chi connectivity index (χ0n) is 21.0. The number of benzene rings is 2. The van der Waals surface area contributed by atoms with Gasteiger partial charge in [-0.05, 0) is 54.9 Å². The van der Waals surface area contributed by atoms with Gasteiger partial charge in [0.15, 0.2) is 4.32 Å². The highest BCUT2D eigenvalue weighted by Crippen LogP contribution is 2.38. The Hall–Kier alpha value is -4.60. The maximum atomic E-state index is 13.5. The van der Waals surface area contributed by atoms with Crippen LogP contribution in [0.5, 0.6) is 11.5 Å². The summed E-state index contributed by atoms with van der Waals surface area (Å²) in [6.45, 7) is 1.58. The second-order valence-electron chi connectivity index (χ2n) is 8.81. The molecule has 3 aromatic rings. The second-order valence-corrected chi connectivity index (χ2v) is 11.5. The molecule has 15 heteroatoms. The molecule has 0 saturated carbocycles. The first-order valence-corrected chi connectivity index (χ1v) is 14.0. The number of amides is 2. The minimum Gasteiger partial charge on any atom is -0.508 e. The Balaban J connectivity index is 1.45. The fourth-order valence-electron chi connectivity index (χ4n) is 4.20. The number of aromatic hydroxyl groups is 2. The summed E-state index contributed by atoms with van der Waals surface area (Å²) < 4.78 is 0.225. The number of hydrogen-bond donors (Lipinski definition) is 4. The van der Waals surface area contributed by atoms with E-state index in [2.05, 4.69) is 20.7 Å². The number of guanidine groups is 1. The first-order chi connectivity index (χ1) is 19.6. The molecule has 1 aromatic heterocycles. The van der Waals surface area contributed by atoms with Crippen LogP contribution in [0.15, 0.2) is 74.9 Å². The number of phenols is 2. The van der Waals surface area contributed by atoms with E-state index in [1.807, 2.05) is 17.5 Å². The largest absolute Gasteiger partial charge is 0.508 e. The smallest absolute Gasteiger partial charge is 0.285 e. The van der Waals surface area contributed by atoms with Crippen LogP contribution in [0.4, 0.5) is 11.4 Å². The van der Waals surface area contributed by atoms with Crippen molar-refractivity contribution in [3.8, 4) is 11.5 Å². The topological polar surface area (TPSA) is 170 Å². The Morgan fingerprint density at radius 2 is 2.00 bits per heavy atom. The predicted octanol–water partition coefficient (Wildman–Crippen LogP) is 4.60. The normalized spacial score (nSPS) is 19.6. The Bertz CT molecular complexity index is 1670. The van der Waals surface area contributed by atoms with Crippen LogP contribution in [-0.4, -0.2) is 48.0 Å². The number of nitro groups is 1. The number of carbonyl (C=O) groups is 2. The van der Waals surface area contributed by atoms with E-state index in [1.165, 1.54) is 47.7 Å². The number of carbonyl (C=O) groups excluding carboxylic acids is 2. The quantitative estimate of drug-likeness (QED) is 0.135. The van der Waals surface area contributed by atoms with Crippen LogP contribution in [0.25, 0.3) is 6.08 Å². The van der Waals surface area contributed by atoms with Crippen molar-refractivity contribution in [2.24, 2.45) is 15.9 Å². The molecule has 2 atom stereocenters. The third kappa shape index (κ3) is 5.96. The Labute approximate surface area is 246 Å². The van der Waals surface area contributed by atoms with Crippen molar-refractivity contribution in [1.82, 2.24) is 10.4 Å². The van der Waals surface area contributed by atoms with Crippen LogP contribution in [0.3, 0.4) is 0 Å². The van der Waals surface area contributed by atoms with Crippen LogP contribution in [0, 0.1) is 16.0 Å². The molecule has 2 aliphatic heterocycles. The van der Waals surface area contributed by atoms with E-state index in [1.54, 1.807) is 13.0 Å². The van der Waals surface area contributed by atoms with Crippen LogP contribution in [0.1, 0.15) is 23.4 Å². The number of anilines is 1. The molecule has 0 radical (unpaired) electrons. The summed E-state index contributed by atoms with van der Waals surface area (Å²) in [6, 6.07) is 12.0. The van der Waals surface area contributed by atoms with Gasteiger partial charge in [0, 0.05) is 40.0 Å². The third-order valence-electron chi connectivity index (χ3n) is 6.07. The van der Waals surface area contributed by atoms with Crippen LogP contribution in [-0.2, 0) is 9.59 Å². The average Bonchev–Trinajstić information content (AvgIpc) is 3.52. The summed E-state index contributed by atoms with van der Waals surface area (Å²) in [6.07, 6.45) is 1.73. The van der Waals surface area contributed by atoms with Gasteiger partial charge in [-0.3, -0.25) is 25.1 Å². The number of nitrogens with one attached hydrogen (secondary N) is 2. The number of thiocarbonyl (C=S) groups is 1. The van der Waals surface area contributed by atoms with Crippen molar-refractivity contribution >= 4 is 80.6 Å². The molecule has 2 amide bonds. The molecule has 3 heterocycles. The summed E-state index contributed by atoms with van der Waals surface area (Å²) in [5.41, 5.74) is 3.30. The minimum atomic E-state index is -1.06. The molecule has 2 aromatic carbocycles. The predicted molar refractivity (Wildman–Crippen MR) is 161 cm³/mol. The fraction of sp³-hybridized carbons (Fsp3) is 0.115. The molecule has 5 rings (SSSR count). The van der Waals surface area contributed by atoms with Gasteiger partial charge in [-0.2, -0.15) is 5.01 Å². The molecule has 0 bridgehead atoms. The number of hydrogen-bond acceptors (Lipinski definition) is 12. The highest BCUT2D eigenvalue weighted by molar-refractivity contribution is 8.26. The lowest BCUT2D eigenvalue weighted by Crippen LogP contribution is -2.47. The van der Waals surface area contributed by atoms with Crippen molar-refractivity contribution in [3.63, 3.8) is 0 Å². The number of nitro benzene ring substituents is 1. The maximum Gasteiger partial charge on any atom is 0.285 e. The van der Waals surface area contributed by atoms with Crippen molar-refractivity contribution in [2.45, 2.75) is 13.0 Å². The summed E-state index contributed by atoms with van der Waals surface area (Å²) in [7, 11) is 0. The zero-order valence-corrected chi connectivity index (χ0v) is 23.5. The standard InChI is InChI=1S/C26H20N6O6S3/c1-13-21(23(35)28-14-4-2-5-15(10-14)32(37)38)22(18-8-7-16(33)11-19(18)34)29-25(27-13)30-31-24(36)20(41-26(31)39)12-17-6-3-9-40-17/h2-12,21-22,33-34H,1H3,(H,28,35)(H,29,30)/b20-12+. The van der Waals surface area contributed by atoms with E-state index in [0.717, 1.165) is 27.7 Å². The SMILES string of the molecule is CC1=NC(NN2C(=O)/C(=C\c3cccs3)SC2=S)=NC(c2ccc(O)cc2O)C1C(=O)Nc1cccc([N+](=O)[O-])c1. The summed E-state index contributed by atoms with van der Waals surface area (Å²) in [5, 5.41) is 37.3. The highest BCUT2D eigenvalue weighted by atomic mass is 32.2. The maximum absolute atomic E-state index is 13.5. The van der Waals surface area contributed by atoms with E-state index in [9.17, 15) is 29.9 Å². The van der Waals surface area contributed by atoms with Gasteiger partial charge in [0.2, 0.25) is 11.9 Å². The van der Waals surface area contributed by atoms with Crippen molar-refractivity contribution in [1.29, 1.82) is 0 Å². The van der Waals surface area contributed by atoms with Gasteiger partial charge in [-0.25, -0.2) is 9.98 Å². The number of non-ortho nitro benzene ring substituents is 1. The van der Waals surface area contributed by atoms with Gasteiger partial charge < -0.3 is 15.5 Å². The Kier molecular flexibility index (Phi) is 7.83. The molecule has 2 unspecified atom stereocenters. The minimum absolute atomic E-state index is 0.0342. The molecular formula is C26H20N6O6S3. The summed E-state index contributed by atoms with van der Waals surface area (Å²) in [5.74, 6) is -2.59. The highest BCUT2D eigenvalue weighted by Gasteiger charge is 2.39. The monoisotopic (exact) mass is 608 g/mol. The first kappa shape index (κ1) is 27.9. The molecule has 1 fully saturated rings.